The van der Waals surface area contributed by atoms with Crippen LogP contribution in [0.15, 0.2) is 48.5 Å². The molecule has 5 nitrogen and oxygen atoms in total. The Balaban J connectivity index is 2.06. The number of nitrogens with two attached hydrogens (primary N) is 2. The van der Waals surface area contributed by atoms with E-state index in [1.807, 2.05) is 0 Å². The second-order valence-corrected chi connectivity index (χ2v) is 4.29. The molecule has 0 fully saturated rings. The number of anilines is 2. The van der Waals surface area contributed by atoms with E-state index >= 15 is 0 Å². The molecule has 2 rings (SSSR count). The Morgan fingerprint density at radius 3 is 1.56 bits per heavy atom. The molecule has 0 aromatic heterocycles. The van der Waals surface area contributed by atoms with Crippen LogP contribution in [-0.2, 0) is 4.57 Å². The largest absolute Gasteiger partial charge is 0.805 e. The van der Waals surface area contributed by atoms with Crippen LogP contribution in [0.4, 0.5) is 11.4 Å². The highest BCUT2D eigenvalue weighted by molar-refractivity contribution is 7.34. The molecule has 0 aliphatic carbocycles. The first-order valence-electron chi connectivity index (χ1n) is 5.19. The lowest BCUT2D eigenvalue weighted by atomic mass is 10.3. The molecule has 4 N–H and O–H groups in total. The van der Waals surface area contributed by atoms with Gasteiger partial charge < -0.3 is 11.5 Å². The van der Waals surface area contributed by atoms with Gasteiger partial charge in [0.25, 0.3) is 0 Å². The Labute approximate surface area is 105 Å². The van der Waals surface area contributed by atoms with E-state index in [4.69, 9.17) is 20.5 Å². The molecule has 0 aliphatic rings. The van der Waals surface area contributed by atoms with Gasteiger partial charge in [-0.2, -0.15) is 0 Å². The molecule has 92 valence electrons. The van der Waals surface area contributed by atoms with E-state index in [0.29, 0.717) is 22.9 Å². The van der Waals surface area contributed by atoms with Crippen molar-refractivity contribution in [3.63, 3.8) is 0 Å². The van der Waals surface area contributed by atoms with Crippen molar-refractivity contribution in [3.05, 3.63) is 48.5 Å². The topological polar surface area (TPSA) is 87.6 Å². The third kappa shape index (κ3) is 2.90. The minimum atomic E-state index is -2.38. The van der Waals surface area contributed by atoms with Gasteiger partial charge in [-0.05, 0) is 24.3 Å². The van der Waals surface area contributed by atoms with Crippen molar-refractivity contribution in [3.8, 4) is 11.5 Å². The molecule has 2 aromatic carbocycles. The van der Waals surface area contributed by atoms with E-state index < -0.39 is 8.25 Å². The Morgan fingerprint density at radius 2 is 1.17 bits per heavy atom. The lowest BCUT2D eigenvalue weighted by Crippen LogP contribution is -1.95. The zero-order chi connectivity index (χ0) is 13.0. The highest BCUT2D eigenvalue weighted by Gasteiger charge is 2.26. The summed E-state index contributed by atoms with van der Waals surface area (Å²) in [6, 6.07) is 13.5. The van der Waals surface area contributed by atoms with Gasteiger partial charge in [-0.3, -0.25) is 0 Å². The molecule has 0 heterocycles. The number of benzene rings is 2. The monoisotopic (exact) mass is 263 g/mol. The average Bonchev–Trinajstić information content (AvgIpc) is 2.35. The van der Waals surface area contributed by atoms with Gasteiger partial charge in [0.05, 0.1) is 11.4 Å². The number of rotatable bonds is 4. The molecule has 0 radical (unpaired) electrons. The van der Waals surface area contributed by atoms with Crippen molar-refractivity contribution in [2.45, 2.75) is 0 Å². The zero-order valence-electron chi connectivity index (χ0n) is 9.45. The first kappa shape index (κ1) is 12.2. The summed E-state index contributed by atoms with van der Waals surface area (Å²) in [6.07, 6.45) is 0. The third-order valence-electron chi connectivity index (χ3n) is 2.18. The SMILES string of the molecule is Nc1ccccc1O[P+](=O)Oc1ccccc1N. The van der Waals surface area contributed by atoms with E-state index in [9.17, 15) is 4.57 Å². The van der Waals surface area contributed by atoms with E-state index in [1.165, 1.54) is 0 Å². The van der Waals surface area contributed by atoms with Crippen LogP contribution in [0.5, 0.6) is 11.5 Å². The fraction of sp³-hybridized carbons (Fsp3) is 0. The van der Waals surface area contributed by atoms with Crippen LogP contribution < -0.4 is 20.5 Å². The summed E-state index contributed by atoms with van der Waals surface area (Å²) in [5, 5.41) is 0. The van der Waals surface area contributed by atoms with Crippen LogP contribution in [-0.4, -0.2) is 0 Å². The quantitative estimate of drug-likeness (QED) is 0.654. The summed E-state index contributed by atoms with van der Waals surface area (Å²) in [6.45, 7) is 0. The first-order valence-corrected chi connectivity index (χ1v) is 6.28. The Hall–Kier alpha value is -2.26. The Kier molecular flexibility index (Phi) is 3.65. The van der Waals surface area contributed by atoms with Crippen molar-refractivity contribution in [2.24, 2.45) is 0 Å². The van der Waals surface area contributed by atoms with Crippen LogP contribution in [0.2, 0.25) is 0 Å². The standard InChI is InChI=1S/C12H12N2O3P/c13-9-5-1-3-7-11(9)16-18(15)17-12-8-4-2-6-10(12)14/h1-8H,13-14H2/q+1. The van der Waals surface area contributed by atoms with Crippen LogP contribution in [0.3, 0.4) is 0 Å². The van der Waals surface area contributed by atoms with Crippen LogP contribution in [0, 0.1) is 0 Å². The molecule has 0 spiro atoms. The minimum absolute atomic E-state index is 0.313. The van der Waals surface area contributed by atoms with Crippen LogP contribution in [0.25, 0.3) is 0 Å². The average molecular weight is 263 g/mol. The fourth-order valence-electron chi connectivity index (χ4n) is 1.31. The second kappa shape index (κ2) is 5.38. The van der Waals surface area contributed by atoms with Gasteiger partial charge >= 0.3 is 8.25 Å². The van der Waals surface area contributed by atoms with Crippen molar-refractivity contribution in [1.82, 2.24) is 0 Å². The molecule has 0 atom stereocenters. The molecule has 0 amide bonds. The molecule has 0 aliphatic heterocycles. The van der Waals surface area contributed by atoms with Gasteiger partial charge in [0, 0.05) is 4.57 Å². The predicted octanol–water partition coefficient (Wildman–Crippen LogP) is 2.97. The molecule has 0 saturated heterocycles. The summed E-state index contributed by atoms with van der Waals surface area (Å²) < 4.78 is 21.9. The van der Waals surface area contributed by atoms with Gasteiger partial charge in [0.1, 0.15) is 0 Å². The smallest absolute Gasteiger partial charge is 0.396 e. The Bertz CT molecular complexity index is 525. The second-order valence-electron chi connectivity index (χ2n) is 3.48. The molecule has 6 heteroatoms. The van der Waals surface area contributed by atoms with E-state index in [0.717, 1.165) is 0 Å². The maximum Gasteiger partial charge on any atom is 0.805 e. The third-order valence-corrected chi connectivity index (χ3v) is 2.88. The highest BCUT2D eigenvalue weighted by atomic mass is 31.1. The van der Waals surface area contributed by atoms with Crippen molar-refractivity contribution >= 4 is 19.6 Å². The maximum absolute atomic E-state index is 11.7. The minimum Gasteiger partial charge on any atom is -0.396 e. The molecule has 18 heavy (non-hydrogen) atoms. The zero-order valence-corrected chi connectivity index (χ0v) is 10.3. The molecule has 0 bridgehead atoms. The summed E-state index contributed by atoms with van der Waals surface area (Å²) in [5.74, 6) is 0.626. The number of hydrogen-bond acceptors (Lipinski definition) is 5. The van der Waals surface area contributed by atoms with Gasteiger partial charge in [-0.25, -0.2) is 9.05 Å². The molecular weight excluding hydrogens is 251 g/mol. The molecule has 0 saturated carbocycles. The summed E-state index contributed by atoms with van der Waals surface area (Å²) in [7, 11) is -2.38. The van der Waals surface area contributed by atoms with Gasteiger partial charge in [0.15, 0.2) is 0 Å². The van der Waals surface area contributed by atoms with Gasteiger partial charge in [-0.1, -0.05) is 24.3 Å². The van der Waals surface area contributed by atoms with Crippen molar-refractivity contribution in [2.75, 3.05) is 11.5 Å². The molecular formula is C12H12N2O3P+. The lowest BCUT2D eigenvalue weighted by molar-refractivity contribution is 0.417. The number of hydrogen-bond donors (Lipinski definition) is 2. The lowest BCUT2D eigenvalue weighted by Gasteiger charge is -1.99. The molecule has 2 aromatic rings. The number of nitrogen functional groups attached to an aromatic ring is 2. The Morgan fingerprint density at radius 1 is 0.778 bits per heavy atom. The van der Waals surface area contributed by atoms with E-state index in [2.05, 4.69) is 0 Å². The van der Waals surface area contributed by atoms with E-state index in [1.54, 1.807) is 48.5 Å². The summed E-state index contributed by atoms with van der Waals surface area (Å²) in [4.78, 5) is 0. The normalized spacial score (nSPS) is 9.78. The fourth-order valence-corrected chi connectivity index (χ4v) is 2.00. The first-order chi connectivity index (χ1) is 8.66. The highest BCUT2D eigenvalue weighted by Crippen LogP contribution is 2.35. The summed E-state index contributed by atoms with van der Waals surface area (Å²) >= 11 is 0. The summed E-state index contributed by atoms with van der Waals surface area (Å²) in [5.41, 5.74) is 12.1. The van der Waals surface area contributed by atoms with Crippen LogP contribution in [0.1, 0.15) is 0 Å². The number of para-hydroxylation sites is 4. The molecule has 0 unspecified atom stereocenters. The van der Waals surface area contributed by atoms with Gasteiger partial charge in [-0.15, -0.1) is 0 Å². The van der Waals surface area contributed by atoms with Gasteiger partial charge in [0.2, 0.25) is 11.5 Å². The van der Waals surface area contributed by atoms with Crippen LogP contribution >= 0.6 is 8.25 Å². The predicted molar refractivity (Wildman–Crippen MR) is 70.6 cm³/mol. The van der Waals surface area contributed by atoms with Crippen molar-refractivity contribution in [1.29, 1.82) is 0 Å². The maximum atomic E-state index is 11.7. The van der Waals surface area contributed by atoms with E-state index in [-0.39, 0.29) is 0 Å². The van der Waals surface area contributed by atoms with Crippen molar-refractivity contribution < 1.29 is 13.6 Å².